The lowest BCUT2D eigenvalue weighted by Gasteiger charge is -2.36. The average Bonchev–Trinajstić information content (AvgIpc) is 2.59. The summed E-state index contributed by atoms with van der Waals surface area (Å²) in [6.07, 6.45) is 0. The van der Waals surface area contributed by atoms with Gasteiger partial charge in [-0.1, -0.05) is 36.0 Å². The molecule has 1 unspecified atom stereocenters. The Morgan fingerprint density at radius 1 is 1.14 bits per heavy atom. The fraction of sp³-hybridized carbons (Fsp3) is 0.294. The maximum Gasteiger partial charge on any atom is 0.0553 e. The van der Waals surface area contributed by atoms with Crippen LogP contribution in [0.15, 0.2) is 58.3 Å². The van der Waals surface area contributed by atoms with E-state index in [-0.39, 0.29) is 19.0 Å². The van der Waals surface area contributed by atoms with Crippen LogP contribution in [0.5, 0.6) is 0 Å². The number of hydrogen-bond donors (Lipinski definition) is 0. The summed E-state index contributed by atoms with van der Waals surface area (Å²) in [5, 5.41) is 0. The molecule has 2 nitrogen and oxygen atoms in total. The van der Waals surface area contributed by atoms with Gasteiger partial charge in [0.15, 0.2) is 0 Å². The Balaban J connectivity index is 0.00000280. The van der Waals surface area contributed by atoms with Crippen LogP contribution >= 0.6 is 24.2 Å². The monoisotopic (exact) mass is 327 g/mol. The van der Waals surface area contributed by atoms with Gasteiger partial charge in [0.2, 0.25) is 0 Å². The molecule has 3 rings (SSSR count). The van der Waals surface area contributed by atoms with Crippen molar-refractivity contribution in [1.29, 1.82) is 0 Å². The highest BCUT2D eigenvalue weighted by Crippen LogP contribution is 2.47. The summed E-state index contributed by atoms with van der Waals surface area (Å²) >= 11 is 1.57. The number of rotatable bonds is 3. The number of likely N-dealkylation sites (N-methyl/N-ethyl adjacent to an activating group) is 1. The molecule has 1 aliphatic heterocycles. The number of para-hydroxylation sites is 2. The van der Waals surface area contributed by atoms with E-state index in [1.165, 1.54) is 7.05 Å². The van der Waals surface area contributed by atoms with E-state index >= 15 is 0 Å². The summed E-state index contributed by atoms with van der Waals surface area (Å²) in [4.78, 5) is 4.27. The van der Waals surface area contributed by atoms with E-state index in [0.29, 0.717) is 4.90 Å². The molecule has 0 spiro atoms. The van der Waals surface area contributed by atoms with E-state index in [1.807, 2.05) is 48.5 Å². The van der Waals surface area contributed by atoms with E-state index < -0.39 is 19.8 Å². The predicted molar refractivity (Wildman–Crippen MR) is 94.4 cm³/mol. The smallest absolute Gasteiger partial charge is 0.0553 e. The molecular weight excluding hydrogens is 300 g/mol. The first-order valence-electron chi connectivity index (χ1n) is 9.82. The second-order valence-electron chi connectivity index (χ2n) is 4.63. The van der Waals surface area contributed by atoms with Crippen LogP contribution in [-0.2, 0) is 0 Å². The molecule has 0 amide bonds. The Hall–Kier alpha value is -1.16. The molecular formula is C17H21ClN2S. The van der Waals surface area contributed by atoms with Crippen LogP contribution in [-0.4, -0.2) is 31.5 Å². The fourth-order valence-electron chi connectivity index (χ4n) is 2.21. The number of benzene rings is 2. The van der Waals surface area contributed by atoms with E-state index in [9.17, 15) is 0 Å². The van der Waals surface area contributed by atoms with Crippen LogP contribution in [0, 0.1) is 0 Å². The lowest BCUT2D eigenvalue weighted by molar-refractivity contribution is 0.319. The van der Waals surface area contributed by atoms with Crippen LogP contribution in [0.1, 0.15) is 16.4 Å². The minimum Gasteiger partial charge on any atom is -0.338 e. The minimum absolute atomic E-state index is 0. The van der Waals surface area contributed by atoms with Crippen molar-refractivity contribution in [3.63, 3.8) is 0 Å². The molecule has 0 fully saturated rings. The van der Waals surface area contributed by atoms with Crippen molar-refractivity contribution >= 4 is 35.5 Å². The van der Waals surface area contributed by atoms with Crippen molar-refractivity contribution < 1.29 is 9.60 Å². The van der Waals surface area contributed by atoms with Crippen molar-refractivity contribution in [1.82, 2.24) is 4.90 Å². The van der Waals surface area contributed by atoms with Crippen molar-refractivity contribution in [2.45, 2.75) is 22.7 Å². The minimum atomic E-state index is -2.83. The zero-order chi connectivity index (χ0) is 20.0. The third kappa shape index (κ3) is 3.20. The first kappa shape index (κ1) is 9.09. The molecule has 0 saturated carbocycles. The van der Waals surface area contributed by atoms with Gasteiger partial charge in [-0.05, 0) is 45.1 Å². The Kier molecular flexibility index (Phi) is 2.91. The number of hydrogen-bond acceptors (Lipinski definition) is 3. The zero-order valence-corrected chi connectivity index (χ0v) is 13.2. The lowest BCUT2D eigenvalue weighted by atomic mass is 10.2. The van der Waals surface area contributed by atoms with Crippen LogP contribution in [0.2, 0.25) is 0 Å². The van der Waals surface area contributed by atoms with Gasteiger partial charge in [-0.15, -0.1) is 12.4 Å². The quantitative estimate of drug-likeness (QED) is 0.809. The summed E-state index contributed by atoms with van der Waals surface area (Å²) in [5.41, 5.74) is 1.53. The van der Waals surface area contributed by atoms with Gasteiger partial charge < -0.3 is 9.80 Å². The van der Waals surface area contributed by atoms with Crippen molar-refractivity contribution in [3.05, 3.63) is 48.5 Å². The highest BCUT2D eigenvalue weighted by atomic mass is 35.5. The fourth-order valence-corrected chi connectivity index (χ4v) is 3.30. The number of fused-ring (bicyclic) bond motifs is 2. The Morgan fingerprint density at radius 2 is 1.71 bits per heavy atom. The molecule has 4 heteroatoms. The molecule has 1 aliphatic rings. The van der Waals surface area contributed by atoms with Gasteiger partial charge in [-0.2, -0.15) is 0 Å². The molecule has 0 bridgehead atoms. The first-order valence-corrected chi connectivity index (χ1v) is 7.14. The average molecular weight is 328 g/mol. The lowest BCUT2D eigenvalue weighted by Crippen LogP contribution is -2.37. The zero-order valence-electron chi connectivity index (χ0n) is 18.5. The Bertz CT molecular complexity index is 797. The summed E-state index contributed by atoms with van der Waals surface area (Å²) < 4.78 is 55.4. The molecule has 0 N–H and O–H groups in total. The maximum atomic E-state index is 8.71. The second-order valence-corrected chi connectivity index (χ2v) is 5.71. The third-order valence-corrected chi connectivity index (χ3v) is 4.38. The van der Waals surface area contributed by atoms with Gasteiger partial charge in [0.05, 0.1) is 11.4 Å². The van der Waals surface area contributed by atoms with Gasteiger partial charge in [-0.3, -0.25) is 0 Å². The van der Waals surface area contributed by atoms with Crippen LogP contribution < -0.4 is 4.90 Å². The number of nitrogens with zero attached hydrogens (tertiary/aromatic N) is 2. The van der Waals surface area contributed by atoms with Crippen LogP contribution in [0.4, 0.5) is 11.4 Å². The highest BCUT2D eigenvalue weighted by molar-refractivity contribution is 7.99. The molecule has 21 heavy (non-hydrogen) atoms. The molecule has 0 aromatic heterocycles. The highest BCUT2D eigenvalue weighted by Gasteiger charge is 2.24. The van der Waals surface area contributed by atoms with Gasteiger partial charge in [0.1, 0.15) is 0 Å². The van der Waals surface area contributed by atoms with Gasteiger partial charge >= 0.3 is 0 Å². The summed E-state index contributed by atoms with van der Waals surface area (Å²) in [7, 11) is 1.17. The number of anilines is 2. The van der Waals surface area contributed by atoms with Crippen molar-refractivity contribution in [2.24, 2.45) is 0 Å². The molecule has 0 saturated heterocycles. The SMILES string of the molecule is Cl.[2H]C([2H])([2H])N(C)C([2H])(CN1c2ccccc2Sc2ccccc21)C([2H])([2H])[2H]. The molecule has 1 heterocycles. The van der Waals surface area contributed by atoms with Crippen LogP contribution in [0.3, 0.4) is 0 Å². The molecule has 112 valence electrons. The predicted octanol–water partition coefficient (Wildman–Crippen LogP) is 4.66. The molecule has 0 aliphatic carbocycles. The van der Waals surface area contributed by atoms with Gasteiger partial charge in [0, 0.05) is 31.9 Å². The molecule has 2 aromatic rings. The largest absolute Gasteiger partial charge is 0.338 e. The molecule has 1 atom stereocenters. The topological polar surface area (TPSA) is 6.48 Å². The van der Waals surface area contributed by atoms with Gasteiger partial charge in [-0.25, -0.2) is 0 Å². The number of halogens is 1. The van der Waals surface area contributed by atoms with E-state index in [4.69, 9.17) is 9.60 Å². The summed E-state index contributed by atoms with van der Waals surface area (Å²) in [6, 6.07) is 12.7. The van der Waals surface area contributed by atoms with Crippen molar-refractivity contribution in [3.8, 4) is 0 Å². The molecule has 2 aromatic carbocycles. The van der Waals surface area contributed by atoms with Crippen molar-refractivity contribution in [2.75, 3.05) is 25.5 Å². The standard InChI is InChI=1S/C17H20N2S.ClH/c1-13(18(2)3)12-19-14-8-4-6-10-16(14)20-17-11-7-5-9-15(17)19;/h4-11,13H,12H2,1-3H3;1H/i1D3,2D3,13D;. The van der Waals surface area contributed by atoms with E-state index in [0.717, 1.165) is 21.2 Å². The first-order chi connectivity index (χ1) is 12.4. The van der Waals surface area contributed by atoms with E-state index in [1.54, 1.807) is 16.7 Å². The van der Waals surface area contributed by atoms with Crippen LogP contribution in [0.25, 0.3) is 0 Å². The Labute approximate surface area is 147 Å². The normalized spacial score (nSPS) is 21.8. The third-order valence-electron chi connectivity index (χ3n) is 3.24. The summed E-state index contributed by atoms with van der Waals surface area (Å²) in [5.74, 6) is 0. The summed E-state index contributed by atoms with van der Waals surface area (Å²) in [6.45, 7) is -5.85. The Morgan fingerprint density at radius 3 is 2.24 bits per heavy atom. The van der Waals surface area contributed by atoms with E-state index in [2.05, 4.69) is 0 Å². The maximum absolute atomic E-state index is 8.71. The van der Waals surface area contributed by atoms with Gasteiger partial charge in [0.25, 0.3) is 0 Å². The second kappa shape index (κ2) is 6.73. The molecule has 0 radical (unpaired) electrons.